The van der Waals surface area contributed by atoms with Gasteiger partial charge in [-0.15, -0.1) is 0 Å². The molecule has 0 saturated carbocycles. The summed E-state index contributed by atoms with van der Waals surface area (Å²) in [6.07, 6.45) is 43.2. The highest BCUT2D eigenvalue weighted by atomic mass is 16.4. The lowest BCUT2D eigenvalue weighted by molar-refractivity contribution is -0.137. The molecule has 0 aromatic rings. The fourth-order valence-electron chi connectivity index (χ4n) is 6.99. The van der Waals surface area contributed by atoms with E-state index in [9.17, 15) is 14.4 Å². The van der Waals surface area contributed by atoms with Crippen molar-refractivity contribution in [3.8, 4) is 0 Å². The molecule has 0 unspecified atom stereocenters. The number of carboxylic acids is 1. The second kappa shape index (κ2) is 42.1. The van der Waals surface area contributed by atoms with Gasteiger partial charge in [-0.2, -0.15) is 0 Å². The summed E-state index contributed by atoms with van der Waals surface area (Å²) in [5, 5.41) is 17.2. The highest BCUT2D eigenvalue weighted by Crippen LogP contribution is 2.16. The lowest BCUT2D eigenvalue weighted by Gasteiger charge is -2.23. The van der Waals surface area contributed by atoms with Crippen LogP contribution >= 0.6 is 0 Å². The van der Waals surface area contributed by atoms with Crippen molar-refractivity contribution in [1.29, 1.82) is 0 Å². The quantitative estimate of drug-likeness (QED) is 0.0464. The minimum atomic E-state index is -1.06. The molecule has 0 aromatic carbocycles. The largest absolute Gasteiger partial charge is 0.480 e. The number of carbonyl (C=O) groups is 3. The Balaban J connectivity index is 4.11. The number of carbonyl (C=O) groups excluding carboxylic acids is 2. The van der Waals surface area contributed by atoms with Crippen molar-refractivity contribution in [3.63, 3.8) is 0 Å². The van der Waals surface area contributed by atoms with Crippen molar-refractivity contribution >= 4 is 17.8 Å². The molecule has 2 amide bonds. The molecule has 0 atom stereocenters. The van der Waals surface area contributed by atoms with Gasteiger partial charge in [0.1, 0.15) is 6.54 Å². The summed E-state index contributed by atoms with van der Waals surface area (Å²) < 4.78 is 0. The highest BCUT2D eigenvalue weighted by molar-refractivity contribution is 5.82. The van der Waals surface area contributed by atoms with Gasteiger partial charge in [-0.25, -0.2) is 0 Å². The second-order valence-corrected chi connectivity index (χ2v) is 15.5. The average molecular weight is 737 g/mol. The van der Waals surface area contributed by atoms with Crippen LogP contribution in [-0.4, -0.2) is 73.6 Å². The summed E-state index contributed by atoms with van der Waals surface area (Å²) in [5.41, 5.74) is 0. The van der Waals surface area contributed by atoms with Crippen molar-refractivity contribution in [2.24, 2.45) is 0 Å². The molecule has 52 heavy (non-hydrogen) atoms. The van der Waals surface area contributed by atoms with Gasteiger partial charge in [0.25, 0.3) is 0 Å². The third kappa shape index (κ3) is 39.5. The third-order valence-corrected chi connectivity index (χ3v) is 10.4. The van der Waals surface area contributed by atoms with Crippen LogP contribution < -0.4 is 16.0 Å². The number of rotatable bonds is 43. The molecule has 0 aromatic heterocycles. The van der Waals surface area contributed by atoms with Crippen LogP contribution in [0.2, 0.25) is 0 Å². The molecule has 0 spiro atoms. The minimum absolute atomic E-state index is 0.0630. The number of unbranched alkanes of at least 4 members (excludes halogenated alkanes) is 30. The van der Waals surface area contributed by atoms with Gasteiger partial charge in [0, 0.05) is 26.2 Å². The Morgan fingerprint density at radius 1 is 0.404 bits per heavy atom. The fraction of sp³-hybridized carbons (Fsp3) is 0.932. The summed E-state index contributed by atoms with van der Waals surface area (Å²) in [7, 11) is 0. The number of amides is 2. The third-order valence-electron chi connectivity index (χ3n) is 10.4. The maximum Gasteiger partial charge on any atom is 0.322 e. The molecule has 8 nitrogen and oxygen atoms in total. The monoisotopic (exact) mass is 737 g/mol. The first-order chi connectivity index (χ1) is 25.5. The fourth-order valence-corrected chi connectivity index (χ4v) is 6.99. The van der Waals surface area contributed by atoms with E-state index >= 15 is 0 Å². The van der Waals surface area contributed by atoms with Gasteiger partial charge >= 0.3 is 5.97 Å². The average Bonchev–Trinajstić information content (AvgIpc) is 3.13. The number of hydrogen-bond donors (Lipinski definition) is 4. The van der Waals surface area contributed by atoms with Gasteiger partial charge in [0.05, 0.1) is 13.1 Å². The van der Waals surface area contributed by atoms with E-state index in [4.69, 9.17) is 5.11 Å². The molecule has 0 heterocycles. The van der Waals surface area contributed by atoms with Gasteiger partial charge < -0.3 is 26.0 Å². The number of nitrogens with one attached hydrogen (secondary N) is 3. The minimum Gasteiger partial charge on any atom is -0.480 e. The first kappa shape index (κ1) is 50.3. The van der Waals surface area contributed by atoms with Gasteiger partial charge in [-0.05, 0) is 12.8 Å². The standard InChI is InChI=1S/C44H88N4O4/c1-3-5-7-9-11-13-15-17-19-21-23-25-27-29-31-33-37-48(43(50)40-46-36-35-45-39-42(49)47-41-44(51)52)38-34-32-30-28-26-24-22-20-18-16-14-12-10-8-6-4-2/h45-46H,3-41H2,1-2H3,(H,47,49)(H,51,52). The molecule has 0 aliphatic rings. The topological polar surface area (TPSA) is 111 Å². The molecular weight excluding hydrogens is 649 g/mol. The number of carboxylic acid groups (broad SMARTS) is 1. The zero-order chi connectivity index (χ0) is 38.0. The molecule has 0 rings (SSSR count). The zero-order valence-electron chi connectivity index (χ0n) is 34.7. The van der Waals surface area contributed by atoms with Crippen LogP contribution in [0.25, 0.3) is 0 Å². The first-order valence-corrected chi connectivity index (χ1v) is 22.7. The number of hydrogen-bond acceptors (Lipinski definition) is 5. The Labute approximate surface area is 322 Å². The summed E-state index contributed by atoms with van der Waals surface area (Å²) in [5.74, 6) is -1.24. The van der Waals surface area contributed by atoms with Crippen LogP contribution in [-0.2, 0) is 14.4 Å². The van der Waals surface area contributed by atoms with Crippen LogP contribution in [0.5, 0.6) is 0 Å². The van der Waals surface area contributed by atoms with Crippen molar-refractivity contribution in [3.05, 3.63) is 0 Å². The molecule has 4 N–H and O–H groups in total. The van der Waals surface area contributed by atoms with E-state index in [0.717, 1.165) is 25.9 Å². The Bertz CT molecular complexity index is 745. The van der Waals surface area contributed by atoms with Crippen LogP contribution in [0.4, 0.5) is 0 Å². The SMILES string of the molecule is CCCCCCCCCCCCCCCCCCN(CCCCCCCCCCCCCCCCCC)C(=O)CNCCNCC(=O)NCC(=O)O. The normalized spacial score (nSPS) is 11.3. The Hall–Kier alpha value is -1.67. The molecule has 0 fully saturated rings. The van der Waals surface area contributed by atoms with E-state index in [2.05, 4.69) is 34.7 Å². The zero-order valence-corrected chi connectivity index (χ0v) is 34.7. The predicted molar refractivity (Wildman–Crippen MR) is 222 cm³/mol. The van der Waals surface area contributed by atoms with Crippen molar-refractivity contribution in [2.75, 3.05) is 45.8 Å². The van der Waals surface area contributed by atoms with E-state index in [1.54, 1.807) is 0 Å². The number of nitrogens with zero attached hydrogens (tertiary/aromatic N) is 1. The summed E-state index contributed by atoms with van der Waals surface area (Å²) in [6, 6.07) is 0. The predicted octanol–water partition coefficient (Wildman–Crippen LogP) is 10.7. The second-order valence-electron chi connectivity index (χ2n) is 15.5. The van der Waals surface area contributed by atoms with Crippen LogP contribution in [0.3, 0.4) is 0 Å². The molecule has 8 heteroatoms. The Morgan fingerprint density at radius 2 is 0.692 bits per heavy atom. The van der Waals surface area contributed by atoms with Gasteiger partial charge in [0.2, 0.25) is 11.8 Å². The highest BCUT2D eigenvalue weighted by Gasteiger charge is 2.13. The van der Waals surface area contributed by atoms with E-state index in [1.807, 2.05) is 0 Å². The van der Waals surface area contributed by atoms with E-state index in [0.29, 0.717) is 19.6 Å². The van der Waals surface area contributed by atoms with Crippen molar-refractivity contribution in [2.45, 2.75) is 219 Å². The van der Waals surface area contributed by atoms with Crippen LogP contribution in [0.1, 0.15) is 219 Å². The van der Waals surface area contributed by atoms with Crippen molar-refractivity contribution < 1.29 is 19.5 Å². The molecule has 0 aliphatic carbocycles. The van der Waals surface area contributed by atoms with E-state index in [1.165, 1.54) is 193 Å². The number of aliphatic carboxylic acids is 1. The van der Waals surface area contributed by atoms with Gasteiger partial charge in [0.15, 0.2) is 0 Å². The maximum atomic E-state index is 13.1. The van der Waals surface area contributed by atoms with Gasteiger partial charge in [-0.1, -0.05) is 206 Å². The molecule has 0 bridgehead atoms. The Morgan fingerprint density at radius 3 is 1.00 bits per heavy atom. The molecule has 0 radical (unpaired) electrons. The maximum absolute atomic E-state index is 13.1. The summed E-state index contributed by atoms with van der Waals surface area (Å²) in [4.78, 5) is 37.4. The summed E-state index contributed by atoms with van der Waals surface area (Å²) in [6.45, 7) is 7.37. The van der Waals surface area contributed by atoms with E-state index in [-0.39, 0.29) is 24.9 Å². The lowest BCUT2D eigenvalue weighted by atomic mass is 10.0. The van der Waals surface area contributed by atoms with Crippen LogP contribution in [0, 0.1) is 0 Å². The summed E-state index contributed by atoms with van der Waals surface area (Å²) >= 11 is 0. The Kier molecular flexibility index (Phi) is 40.7. The lowest BCUT2D eigenvalue weighted by Crippen LogP contribution is -2.42. The van der Waals surface area contributed by atoms with E-state index < -0.39 is 5.97 Å². The smallest absolute Gasteiger partial charge is 0.322 e. The van der Waals surface area contributed by atoms with Crippen molar-refractivity contribution in [1.82, 2.24) is 20.9 Å². The molecule has 0 saturated heterocycles. The molecular formula is C44H88N4O4. The first-order valence-electron chi connectivity index (χ1n) is 22.7. The van der Waals surface area contributed by atoms with Crippen LogP contribution in [0.15, 0.2) is 0 Å². The molecule has 0 aliphatic heterocycles. The van der Waals surface area contributed by atoms with Gasteiger partial charge in [-0.3, -0.25) is 14.4 Å². The molecule has 308 valence electrons.